The highest BCUT2D eigenvalue weighted by Crippen LogP contribution is 2.33. The number of hydrogen-bond donors (Lipinski definition) is 0. The number of hydrogen-bond acceptors (Lipinski definition) is 4. The van der Waals surface area contributed by atoms with E-state index in [0.29, 0.717) is 17.3 Å². The van der Waals surface area contributed by atoms with Crippen LogP contribution < -0.4 is 4.74 Å². The standard InChI is InChI=1S/C24H17BrFNO3S/c25-19-7-1-17(2-8-19)14-27-23(28)22(31-24(27)29)13-16-5-11-21(12-6-16)30-15-18-3-9-20(26)10-4-18/h1-13H,14-15H2/b22-13-. The smallest absolute Gasteiger partial charge is 0.293 e. The maximum Gasteiger partial charge on any atom is 0.293 e. The van der Waals surface area contributed by atoms with Gasteiger partial charge in [-0.1, -0.05) is 52.3 Å². The topological polar surface area (TPSA) is 46.6 Å². The molecule has 4 nitrogen and oxygen atoms in total. The Morgan fingerprint density at radius 2 is 1.55 bits per heavy atom. The Morgan fingerprint density at radius 1 is 0.903 bits per heavy atom. The number of benzene rings is 3. The molecule has 0 spiro atoms. The van der Waals surface area contributed by atoms with Gasteiger partial charge in [0, 0.05) is 4.47 Å². The fourth-order valence-electron chi connectivity index (χ4n) is 2.97. The van der Waals surface area contributed by atoms with Crippen molar-refractivity contribution in [2.24, 2.45) is 0 Å². The Hall–Kier alpha value is -2.90. The van der Waals surface area contributed by atoms with Crippen molar-refractivity contribution in [3.8, 4) is 5.75 Å². The third kappa shape index (κ3) is 5.42. The Labute approximate surface area is 191 Å². The zero-order chi connectivity index (χ0) is 21.8. The minimum absolute atomic E-state index is 0.242. The van der Waals surface area contributed by atoms with E-state index in [1.165, 1.54) is 17.0 Å². The molecule has 0 aromatic heterocycles. The van der Waals surface area contributed by atoms with Gasteiger partial charge in [-0.2, -0.15) is 0 Å². The number of ether oxygens (including phenoxy) is 1. The van der Waals surface area contributed by atoms with Crippen molar-refractivity contribution in [2.75, 3.05) is 0 Å². The molecule has 0 N–H and O–H groups in total. The highest BCUT2D eigenvalue weighted by molar-refractivity contribution is 9.10. The molecule has 31 heavy (non-hydrogen) atoms. The summed E-state index contributed by atoms with van der Waals surface area (Å²) >= 11 is 4.31. The largest absolute Gasteiger partial charge is 0.489 e. The number of halogens is 2. The van der Waals surface area contributed by atoms with Gasteiger partial charge in [0.1, 0.15) is 18.2 Å². The zero-order valence-corrected chi connectivity index (χ0v) is 18.7. The first-order valence-corrected chi connectivity index (χ1v) is 11.1. The summed E-state index contributed by atoms with van der Waals surface area (Å²) in [5.41, 5.74) is 2.54. The number of carbonyl (C=O) groups is 2. The van der Waals surface area contributed by atoms with Crippen LogP contribution in [-0.4, -0.2) is 16.0 Å². The van der Waals surface area contributed by atoms with E-state index in [2.05, 4.69) is 15.9 Å². The quantitative estimate of drug-likeness (QED) is 0.369. The van der Waals surface area contributed by atoms with Gasteiger partial charge in [-0.3, -0.25) is 14.5 Å². The molecule has 1 fully saturated rings. The van der Waals surface area contributed by atoms with Gasteiger partial charge in [0.25, 0.3) is 11.1 Å². The zero-order valence-electron chi connectivity index (χ0n) is 16.3. The SMILES string of the molecule is O=C1S/C(=C\c2ccc(OCc3ccc(F)cc3)cc2)C(=O)N1Cc1ccc(Br)cc1. The fraction of sp³-hybridized carbons (Fsp3) is 0.0833. The molecule has 1 heterocycles. The normalized spacial score (nSPS) is 15.0. The Morgan fingerprint density at radius 3 is 2.23 bits per heavy atom. The molecule has 1 saturated heterocycles. The summed E-state index contributed by atoms with van der Waals surface area (Å²) in [6.07, 6.45) is 1.70. The lowest BCUT2D eigenvalue weighted by atomic mass is 10.2. The first-order valence-electron chi connectivity index (χ1n) is 9.45. The minimum Gasteiger partial charge on any atom is -0.489 e. The molecule has 1 aliphatic heterocycles. The van der Waals surface area contributed by atoms with Crippen molar-refractivity contribution in [1.29, 1.82) is 0 Å². The maximum atomic E-state index is 13.0. The lowest BCUT2D eigenvalue weighted by Crippen LogP contribution is -2.27. The molecule has 3 aromatic rings. The van der Waals surface area contributed by atoms with E-state index in [1.807, 2.05) is 36.4 Å². The van der Waals surface area contributed by atoms with Gasteiger partial charge in [-0.25, -0.2) is 4.39 Å². The van der Waals surface area contributed by atoms with Crippen molar-refractivity contribution in [2.45, 2.75) is 13.2 Å². The van der Waals surface area contributed by atoms with Crippen LogP contribution in [0.5, 0.6) is 5.75 Å². The number of nitrogens with zero attached hydrogens (tertiary/aromatic N) is 1. The number of carbonyl (C=O) groups excluding carboxylic acids is 2. The second kappa shape index (κ2) is 9.49. The molecule has 0 unspecified atom stereocenters. The van der Waals surface area contributed by atoms with Crippen LogP contribution in [-0.2, 0) is 17.9 Å². The van der Waals surface area contributed by atoms with Crippen LogP contribution in [0.4, 0.5) is 9.18 Å². The molecule has 2 amide bonds. The maximum absolute atomic E-state index is 13.0. The number of thioether (sulfide) groups is 1. The van der Waals surface area contributed by atoms with E-state index in [1.54, 1.807) is 30.3 Å². The van der Waals surface area contributed by atoms with Crippen LogP contribution in [0, 0.1) is 5.82 Å². The Kier molecular flexibility index (Phi) is 6.53. The highest BCUT2D eigenvalue weighted by Gasteiger charge is 2.34. The van der Waals surface area contributed by atoms with Gasteiger partial charge in [-0.05, 0) is 70.9 Å². The van der Waals surface area contributed by atoms with Gasteiger partial charge in [0.15, 0.2) is 0 Å². The Balaban J connectivity index is 1.39. The molecule has 0 saturated carbocycles. The van der Waals surface area contributed by atoms with Crippen molar-refractivity contribution < 1.29 is 18.7 Å². The molecule has 0 radical (unpaired) electrons. The predicted molar refractivity (Wildman–Crippen MR) is 123 cm³/mol. The molecular weight excluding hydrogens is 481 g/mol. The molecule has 3 aromatic carbocycles. The first-order chi connectivity index (χ1) is 15.0. The van der Waals surface area contributed by atoms with Crippen molar-refractivity contribution in [3.05, 3.63) is 105 Å². The van der Waals surface area contributed by atoms with E-state index < -0.39 is 0 Å². The predicted octanol–water partition coefficient (Wildman–Crippen LogP) is 6.40. The molecule has 1 aliphatic rings. The van der Waals surface area contributed by atoms with Gasteiger partial charge in [0.05, 0.1) is 11.4 Å². The van der Waals surface area contributed by atoms with E-state index in [4.69, 9.17) is 4.74 Å². The summed E-state index contributed by atoms with van der Waals surface area (Å²) in [4.78, 5) is 26.7. The minimum atomic E-state index is -0.297. The molecular formula is C24H17BrFNO3S. The summed E-state index contributed by atoms with van der Waals surface area (Å²) in [5, 5.41) is -0.279. The number of amides is 2. The van der Waals surface area contributed by atoms with E-state index in [9.17, 15) is 14.0 Å². The lowest BCUT2D eigenvalue weighted by Gasteiger charge is -2.12. The molecule has 156 valence electrons. The van der Waals surface area contributed by atoms with Crippen LogP contribution in [0.2, 0.25) is 0 Å². The lowest BCUT2D eigenvalue weighted by molar-refractivity contribution is -0.123. The van der Waals surface area contributed by atoms with Crippen LogP contribution in [0.3, 0.4) is 0 Å². The third-order valence-corrected chi connectivity index (χ3v) is 6.06. The van der Waals surface area contributed by atoms with Crippen molar-refractivity contribution in [1.82, 2.24) is 4.90 Å². The molecule has 0 aliphatic carbocycles. The second-order valence-corrected chi connectivity index (χ2v) is 8.79. The number of rotatable bonds is 6. The monoisotopic (exact) mass is 497 g/mol. The first kappa shape index (κ1) is 21.3. The van der Waals surface area contributed by atoms with Gasteiger partial charge in [-0.15, -0.1) is 0 Å². The second-order valence-electron chi connectivity index (χ2n) is 6.88. The molecule has 7 heteroatoms. The van der Waals surface area contributed by atoms with Gasteiger partial charge < -0.3 is 4.74 Å². The summed E-state index contributed by atoms with van der Waals surface area (Å²) < 4.78 is 19.6. The van der Waals surface area contributed by atoms with E-state index in [-0.39, 0.29) is 23.5 Å². The Bertz CT molecular complexity index is 1130. The summed E-state index contributed by atoms with van der Waals surface area (Å²) in [5.74, 6) is 0.0775. The van der Waals surface area contributed by atoms with Crippen LogP contribution >= 0.6 is 27.7 Å². The number of imide groups is 1. The van der Waals surface area contributed by atoms with E-state index in [0.717, 1.165) is 32.9 Å². The molecule has 0 bridgehead atoms. The van der Waals surface area contributed by atoms with Crippen LogP contribution in [0.1, 0.15) is 16.7 Å². The summed E-state index contributed by atoms with van der Waals surface area (Å²) in [6, 6.07) is 20.9. The summed E-state index contributed by atoms with van der Waals surface area (Å²) in [7, 11) is 0. The third-order valence-electron chi connectivity index (χ3n) is 4.62. The average Bonchev–Trinajstić information content (AvgIpc) is 3.03. The van der Waals surface area contributed by atoms with Gasteiger partial charge in [0.2, 0.25) is 0 Å². The molecule has 0 atom stereocenters. The van der Waals surface area contributed by atoms with Crippen LogP contribution in [0.15, 0.2) is 82.2 Å². The van der Waals surface area contributed by atoms with Crippen molar-refractivity contribution >= 4 is 44.9 Å². The van der Waals surface area contributed by atoms with E-state index >= 15 is 0 Å². The summed E-state index contributed by atoms with van der Waals surface area (Å²) in [6.45, 7) is 0.569. The van der Waals surface area contributed by atoms with Gasteiger partial charge >= 0.3 is 0 Å². The van der Waals surface area contributed by atoms with Crippen molar-refractivity contribution in [3.63, 3.8) is 0 Å². The average molecular weight is 498 g/mol. The van der Waals surface area contributed by atoms with Crippen LogP contribution in [0.25, 0.3) is 6.08 Å². The molecule has 4 rings (SSSR count). The fourth-order valence-corrected chi connectivity index (χ4v) is 4.07. The highest BCUT2D eigenvalue weighted by atomic mass is 79.9.